The zero-order valence-electron chi connectivity index (χ0n) is 6.71. The maximum absolute atomic E-state index is 5.81. The monoisotopic (exact) mass is 173 g/mol. The first-order chi connectivity index (χ1) is 5.16. The molecule has 0 fully saturated rings. The number of nitrogens with zero attached hydrogens (tertiary/aromatic N) is 2. The van der Waals surface area contributed by atoms with E-state index in [0.29, 0.717) is 5.15 Å². The summed E-state index contributed by atoms with van der Waals surface area (Å²) in [7, 11) is 0. The maximum Gasteiger partial charge on any atom is 0.151 e. The van der Waals surface area contributed by atoms with Crippen LogP contribution in [0.15, 0.2) is 6.33 Å². The van der Waals surface area contributed by atoms with E-state index >= 15 is 0 Å². The summed E-state index contributed by atoms with van der Waals surface area (Å²) in [6.45, 7) is 4.79. The summed E-state index contributed by atoms with van der Waals surface area (Å²) in [6, 6.07) is -0.0510. The van der Waals surface area contributed by atoms with E-state index < -0.39 is 0 Å². The van der Waals surface area contributed by atoms with Crippen molar-refractivity contribution >= 4 is 11.6 Å². The Kier molecular flexibility index (Phi) is 2.52. The van der Waals surface area contributed by atoms with Crippen molar-refractivity contribution in [3.8, 4) is 0 Å². The number of rotatable bonds is 2. The highest BCUT2D eigenvalue weighted by Crippen LogP contribution is 2.19. The molecule has 0 saturated heterocycles. The van der Waals surface area contributed by atoms with Gasteiger partial charge >= 0.3 is 0 Å². The van der Waals surface area contributed by atoms with Gasteiger partial charge in [-0.25, -0.2) is 4.98 Å². The van der Waals surface area contributed by atoms with Gasteiger partial charge in [0.25, 0.3) is 0 Å². The molecule has 0 bridgehead atoms. The molecule has 11 heavy (non-hydrogen) atoms. The summed E-state index contributed by atoms with van der Waals surface area (Å²) in [5, 5.41) is 0.516. The van der Waals surface area contributed by atoms with Crippen molar-refractivity contribution in [2.24, 2.45) is 5.73 Å². The highest BCUT2D eigenvalue weighted by atomic mass is 35.5. The first-order valence-corrected chi connectivity index (χ1v) is 4.00. The molecule has 62 valence electrons. The summed E-state index contributed by atoms with van der Waals surface area (Å²) in [4.78, 5) is 3.96. The maximum atomic E-state index is 5.81. The van der Waals surface area contributed by atoms with E-state index in [1.807, 2.05) is 18.4 Å². The van der Waals surface area contributed by atoms with Crippen LogP contribution in [0.4, 0.5) is 0 Å². The lowest BCUT2D eigenvalue weighted by atomic mass is 10.3. The molecule has 1 rings (SSSR count). The fraction of sp³-hybridized carbons (Fsp3) is 0.571. The topological polar surface area (TPSA) is 43.8 Å². The molecule has 0 saturated carbocycles. The molecular weight excluding hydrogens is 162 g/mol. The summed E-state index contributed by atoms with van der Waals surface area (Å²) in [5.74, 6) is 0. The third-order valence-electron chi connectivity index (χ3n) is 1.60. The van der Waals surface area contributed by atoms with Gasteiger partial charge in [-0.3, -0.25) is 0 Å². The van der Waals surface area contributed by atoms with Crippen molar-refractivity contribution < 1.29 is 0 Å². The average molecular weight is 174 g/mol. The van der Waals surface area contributed by atoms with Crippen molar-refractivity contribution in [1.82, 2.24) is 9.55 Å². The largest absolute Gasteiger partial charge is 0.332 e. The van der Waals surface area contributed by atoms with Crippen LogP contribution in [-0.4, -0.2) is 9.55 Å². The van der Waals surface area contributed by atoms with Gasteiger partial charge in [0.2, 0.25) is 0 Å². The van der Waals surface area contributed by atoms with Crippen molar-refractivity contribution in [3.63, 3.8) is 0 Å². The summed E-state index contributed by atoms with van der Waals surface area (Å²) in [6.07, 6.45) is 1.71. The van der Waals surface area contributed by atoms with Crippen LogP contribution in [0.5, 0.6) is 0 Å². The van der Waals surface area contributed by atoms with Gasteiger partial charge in [0.15, 0.2) is 5.15 Å². The molecule has 0 spiro atoms. The number of aryl methyl sites for hydroxylation is 1. The molecule has 3 nitrogen and oxygen atoms in total. The molecule has 0 aliphatic carbocycles. The number of nitrogens with two attached hydrogens (primary N) is 1. The number of aromatic nitrogens is 2. The highest BCUT2D eigenvalue weighted by Gasteiger charge is 2.10. The van der Waals surface area contributed by atoms with Gasteiger partial charge in [-0.2, -0.15) is 0 Å². The second-order valence-electron chi connectivity index (χ2n) is 2.50. The molecule has 0 amide bonds. The Balaban J connectivity index is 3.07. The Hall–Kier alpha value is -0.540. The molecule has 0 radical (unpaired) electrons. The molecule has 1 atom stereocenters. The number of halogens is 1. The van der Waals surface area contributed by atoms with E-state index in [-0.39, 0.29) is 6.04 Å². The molecule has 1 aromatic rings. The smallest absolute Gasteiger partial charge is 0.151 e. The van der Waals surface area contributed by atoms with E-state index in [0.717, 1.165) is 12.2 Å². The molecule has 4 heteroatoms. The molecular formula is C7H12ClN3. The lowest BCUT2D eigenvalue weighted by molar-refractivity contribution is 0.657. The van der Waals surface area contributed by atoms with Crippen LogP contribution in [0.1, 0.15) is 25.6 Å². The van der Waals surface area contributed by atoms with Crippen molar-refractivity contribution in [1.29, 1.82) is 0 Å². The minimum absolute atomic E-state index is 0.0510. The van der Waals surface area contributed by atoms with Crippen LogP contribution in [0.3, 0.4) is 0 Å². The third kappa shape index (κ3) is 1.54. The molecule has 1 unspecified atom stereocenters. The van der Waals surface area contributed by atoms with Gasteiger partial charge in [0.05, 0.1) is 12.0 Å². The SMILES string of the molecule is CCn1cnc(Cl)c1C(C)N. The highest BCUT2D eigenvalue weighted by molar-refractivity contribution is 6.30. The first kappa shape index (κ1) is 8.56. The molecule has 0 aromatic carbocycles. The summed E-state index contributed by atoms with van der Waals surface area (Å²) < 4.78 is 1.95. The standard InChI is InChI=1S/C7H12ClN3/c1-3-11-4-10-7(8)6(11)5(2)9/h4-5H,3,9H2,1-2H3. The van der Waals surface area contributed by atoms with Crippen LogP contribution in [0.25, 0.3) is 0 Å². The Labute approximate surface area is 71.2 Å². The molecule has 0 aliphatic rings. The van der Waals surface area contributed by atoms with E-state index in [4.69, 9.17) is 17.3 Å². The van der Waals surface area contributed by atoms with Crippen LogP contribution in [-0.2, 0) is 6.54 Å². The van der Waals surface area contributed by atoms with E-state index in [2.05, 4.69) is 4.98 Å². The van der Waals surface area contributed by atoms with E-state index in [9.17, 15) is 0 Å². The summed E-state index contributed by atoms with van der Waals surface area (Å²) in [5.41, 5.74) is 6.60. The second-order valence-corrected chi connectivity index (χ2v) is 2.85. The summed E-state index contributed by atoms with van der Waals surface area (Å²) >= 11 is 5.81. The van der Waals surface area contributed by atoms with Gasteiger partial charge in [-0.1, -0.05) is 11.6 Å². The lowest BCUT2D eigenvalue weighted by Crippen LogP contribution is -2.11. The molecule has 0 aliphatic heterocycles. The minimum Gasteiger partial charge on any atom is -0.332 e. The predicted molar refractivity (Wildman–Crippen MR) is 45.5 cm³/mol. The van der Waals surface area contributed by atoms with E-state index in [1.165, 1.54) is 0 Å². The molecule has 2 N–H and O–H groups in total. The zero-order chi connectivity index (χ0) is 8.43. The average Bonchev–Trinajstić information content (AvgIpc) is 2.30. The van der Waals surface area contributed by atoms with E-state index in [1.54, 1.807) is 6.33 Å². The van der Waals surface area contributed by atoms with Gasteiger partial charge in [0.1, 0.15) is 0 Å². The number of hydrogen-bond acceptors (Lipinski definition) is 2. The number of hydrogen-bond donors (Lipinski definition) is 1. The van der Waals surface area contributed by atoms with Gasteiger partial charge in [-0.15, -0.1) is 0 Å². The molecule has 1 heterocycles. The van der Waals surface area contributed by atoms with Crippen LogP contribution in [0.2, 0.25) is 5.15 Å². The third-order valence-corrected chi connectivity index (χ3v) is 1.89. The quantitative estimate of drug-likeness (QED) is 0.738. The zero-order valence-corrected chi connectivity index (χ0v) is 7.47. The number of imidazole rings is 1. The van der Waals surface area contributed by atoms with Gasteiger partial charge in [-0.05, 0) is 13.8 Å². The Morgan fingerprint density at radius 3 is 2.82 bits per heavy atom. The second kappa shape index (κ2) is 3.24. The van der Waals surface area contributed by atoms with Crippen molar-refractivity contribution in [3.05, 3.63) is 17.2 Å². The first-order valence-electron chi connectivity index (χ1n) is 3.63. The van der Waals surface area contributed by atoms with Crippen molar-refractivity contribution in [2.45, 2.75) is 26.4 Å². The normalized spacial score (nSPS) is 13.5. The van der Waals surface area contributed by atoms with Crippen LogP contribution < -0.4 is 5.73 Å². The lowest BCUT2D eigenvalue weighted by Gasteiger charge is -2.08. The fourth-order valence-corrected chi connectivity index (χ4v) is 1.39. The minimum atomic E-state index is -0.0510. The van der Waals surface area contributed by atoms with Crippen LogP contribution in [0, 0.1) is 0 Å². The Morgan fingerprint density at radius 2 is 2.45 bits per heavy atom. The molecule has 1 aromatic heterocycles. The van der Waals surface area contributed by atoms with Gasteiger partial charge < -0.3 is 10.3 Å². The van der Waals surface area contributed by atoms with Gasteiger partial charge in [0, 0.05) is 12.6 Å². The Morgan fingerprint density at radius 1 is 1.82 bits per heavy atom. The fourth-order valence-electron chi connectivity index (χ4n) is 1.07. The van der Waals surface area contributed by atoms with Crippen LogP contribution >= 0.6 is 11.6 Å². The Bertz CT molecular complexity index is 242. The van der Waals surface area contributed by atoms with Crippen molar-refractivity contribution in [2.75, 3.05) is 0 Å². The predicted octanol–water partition coefficient (Wildman–Crippen LogP) is 1.58.